The minimum atomic E-state index is -0.452. The van der Waals surface area contributed by atoms with Gasteiger partial charge in [-0.25, -0.2) is 0 Å². The van der Waals surface area contributed by atoms with Gasteiger partial charge < -0.3 is 10.2 Å². The third kappa shape index (κ3) is 3.91. The van der Waals surface area contributed by atoms with Gasteiger partial charge in [-0.15, -0.1) is 11.3 Å². The van der Waals surface area contributed by atoms with Gasteiger partial charge in [-0.3, -0.25) is 19.7 Å². The van der Waals surface area contributed by atoms with E-state index in [9.17, 15) is 19.7 Å². The number of hydrogen-bond donors (Lipinski definition) is 1. The highest BCUT2D eigenvalue weighted by Gasteiger charge is 2.26. The molecular formula is C18H19N3O4S. The molecule has 0 saturated carbocycles. The van der Waals surface area contributed by atoms with Crippen LogP contribution < -0.4 is 10.2 Å². The Morgan fingerprint density at radius 3 is 2.58 bits per heavy atom. The van der Waals surface area contributed by atoms with E-state index in [0.29, 0.717) is 42.1 Å². The normalized spacial score (nSPS) is 14.9. The van der Waals surface area contributed by atoms with Crippen molar-refractivity contribution in [2.45, 2.75) is 25.8 Å². The highest BCUT2D eigenvalue weighted by atomic mass is 32.1. The summed E-state index contributed by atoms with van der Waals surface area (Å²) < 4.78 is 0. The third-order valence-electron chi connectivity index (χ3n) is 4.49. The van der Waals surface area contributed by atoms with Gasteiger partial charge in [-0.05, 0) is 43.3 Å². The average molecular weight is 373 g/mol. The number of piperidine rings is 1. The number of Topliss-reactive ketones (excluding diaryl/α,β-unsaturated/α-hetero) is 1. The molecule has 8 heteroatoms. The van der Waals surface area contributed by atoms with Crippen LogP contribution in [0, 0.1) is 10.1 Å². The number of ketones is 1. The maximum absolute atomic E-state index is 12.1. The molecule has 7 nitrogen and oxygen atoms in total. The first-order valence-corrected chi connectivity index (χ1v) is 9.22. The molecule has 1 saturated heterocycles. The van der Waals surface area contributed by atoms with Crippen molar-refractivity contribution in [1.82, 2.24) is 5.32 Å². The van der Waals surface area contributed by atoms with Gasteiger partial charge in [0, 0.05) is 30.8 Å². The molecule has 1 fully saturated rings. The third-order valence-corrected chi connectivity index (χ3v) is 5.36. The van der Waals surface area contributed by atoms with Gasteiger partial charge >= 0.3 is 0 Å². The molecule has 0 spiro atoms. The number of thiophene rings is 1. The first-order chi connectivity index (χ1) is 12.5. The minimum absolute atomic E-state index is 0.0522. The quantitative estimate of drug-likeness (QED) is 0.493. The number of amides is 1. The molecule has 1 amide bonds. The smallest absolute Gasteiger partial charge is 0.293 e. The van der Waals surface area contributed by atoms with E-state index in [1.165, 1.54) is 24.3 Å². The number of carbonyl (C=O) groups excluding carboxylic acids is 2. The Labute approximate surface area is 154 Å². The molecule has 0 unspecified atom stereocenters. The molecule has 1 N–H and O–H groups in total. The number of anilines is 1. The fourth-order valence-electron chi connectivity index (χ4n) is 3.09. The zero-order chi connectivity index (χ0) is 18.7. The number of nitrogens with one attached hydrogen (secondary N) is 1. The van der Waals surface area contributed by atoms with Crippen molar-refractivity contribution in [3.63, 3.8) is 0 Å². The predicted molar refractivity (Wildman–Crippen MR) is 100 cm³/mol. The Bertz CT molecular complexity index is 827. The number of hydrogen-bond acceptors (Lipinski definition) is 6. The molecule has 3 rings (SSSR count). The van der Waals surface area contributed by atoms with E-state index in [-0.39, 0.29) is 23.4 Å². The van der Waals surface area contributed by atoms with E-state index in [4.69, 9.17) is 0 Å². The number of nitro benzene ring substituents is 1. The maximum Gasteiger partial charge on any atom is 0.293 e. The molecule has 2 aromatic rings. The number of carbonyl (C=O) groups is 2. The van der Waals surface area contributed by atoms with Crippen LogP contribution in [0.25, 0.3) is 0 Å². The van der Waals surface area contributed by atoms with Gasteiger partial charge in [-0.2, -0.15) is 0 Å². The van der Waals surface area contributed by atoms with Crippen molar-refractivity contribution in [3.05, 3.63) is 56.3 Å². The molecule has 26 heavy (non-hydrogen) atoms. The fourth-order valence-corrected chi connectivity index (χ4v) is 3.71. The van der Waals surface area contributed by atoms with Crippen molar-refractivity contribution in [2.75, 3.05) is 18.0 Å². The molecule has 2 heterocycles. The van der Waals surface area contributed by atoms with Crippen LogP contribution in [-0.4, -0.2) is 35.7 Å². The van der Waals surface area contributed by atoms with Crippen molar-refractivity contribution in [2.24, 2.45) is 0 Å². The number of benzene rings is 1. The van der Waals surface area contributed by atoms with Gasteiger partial charge in [-0.1, -0.05) is 6.07 Å². The summed E-state index contributed by atoms with van der Waals surface area (Å²) in [7, 11) is 0. The average Bonchev–Trinajstić information content (AvgIpc) is 3.16. The Hall–Kier alpha value is -2.74. The van der Waals surface area contributed by atoms with Crippen LogP contribution in [0.3, 0.4) is 0 Å². The Kier molecular flexibility index (Phi) is 5.32. The van der Waals surface area contributed by atoms with Gasteiger partial charge in [0.1, 0.15) is 5.69 Å². The zero-order valence-electron chi connectivity index (χ0n) is 14.3. The maximum atomic E-state index is 12.1. The molecule has 0 bridgehead atoms. The van der Waals surface area contributed by atoms with Crippen LogP contribution in [0.15, 0.2) is 35.7 Å². The molecule has 136 valence electrons. The summed E-state index contributed by atoms with van der Waals surface area (Å²) in [5, 5.41) is 16.3. The summed E-state index contributed by atoms with van der Waals surface area (Å²) in [6.45, 7) is 2.60. The van der Waals surface area contributed by atoms with E-state index >= 15 is 0 Å². The van der Waals surface area contributed by atoms with Crippen LogP contribution >= 0.6 is 11.3 Å². The van der Waals surface area contributed by atoms with Crippen LogP contribution in [-0.2, 0) is 0 Å². The summed E-state index contributed by atoms with van der Waals surface area (Å²) in [5.74, 6) is -0.273. The van der Waals surface area contributed by atoms with E-state index in [1.807, 2.05) is 16.3 Å². The summed E-state index contributed by atoms with van der Waals surface area (Å²) >= 11 is 1.40. The summed E-state index contributed by atoms with van der Waals surface area (Å²) in [6, 6.07) is 8.27. The van der Waals surface area contributed by atoms with Crippen molar-refractivity contribution in [1.29, 1.82) is 0 Å². The Balaban J connectivity index is 1.67. The second-order valence-corrected chi connectivity index (χ2v) is 7.18. The van der Waals surface area contributed by atoms with E-state index < -0.39 is 4.92 Å². The van der Waals surface area contributed by atoms with Gasteiger partial charge in [0.25, 0.3) is 11.6 Å². The summed E-state index contributed by atoms with van der Waals surface area (Å²) in [5.41, 5.74) is 0.792. The van der Waals surface area contributed by atoms with Crippen molar-refractivity contribution >= 4 is 34.4 Å². The second kappa shape index (κ2) is 7.65. The molecule has 1 aliphatic rings. The fraction of sp³-hybridized carbons (Fsp3) is 0.333. The number of nitro groups is 1. The molecular weight excluding hydrogens is 354 g/mol. The standard InChI is InChI=1S/C18H19N3O4S/c1-12(22)13-4-5-15(16(11-13)21(24)25)20-8-6-14(7-9-20)19-18(23)17-3-2-10-26-17/h2-5,10-11,14H,6-9H2,1H3,(H,19,23). The Morgan fingerprint density at radius 2 is 2.00 bits per heavy atom. The number of nitrogens with zero attached hydrogens (tertiary/aromatic N) is 2. The summed E-state index contributed by atoms with van der Waals surface area (Å²) in [4.78, 5) is 37.2. The van der Waals surface area contributed by atoms with Crippen LogP contribution in [0.1, 0.15) is 39.8 Å². The molecule has 0 atom stereocenters. The number of rotatable bonds is 5. The van der Waals surface area contributed by atoms with Crippen LogP contribution in [0.2, 0.25) is 0 Å². The first-order valence-electron chi connectivity index (χ1n) is 8.34. The van der Waals surface area contributed by atoms with E-state index in [0.717, 1.165) is 0 Å². The lowest BCUT2D eigenvalue weighted by Gasteiger charge is -2.33. The summed E-state index contributed by atoms with van der Waals surface area (Å²) in [6.07, 6.45) is 1.42. The van der Waals surface area contributed by atoms with Gasteiger partial charge in [0.2, 0.25) is 0 Å². The van der Waals surface area contributed by atoms with Crippen molar-refractivity contribution in [3.8, 4) is 0 Å². The highest BCUT2D eigenvalue weighted by Crippen LogP contribution is 2.31. The minimum Gasteiger partial charge on any atom is -0.366 e. The lowest BCUT2D eigenvalue weighted by molar-refractivity contribution is -0.384. The SMILES string of the molecule is CC(=O)c1ccc(N2CCC(NC(=O)c3cccs3)CC2)c([N+](=O)[O-])c1. The Morgan fingerprint density at radius 1 is 1.27 bits per heavy atom. The molecule has 0 radical (unpaired) electrons. The zero-order valence-corrected chi connectivity index (χ0v) is 15.1. The van der Waals surface area contributed by atoms with E-state index in [1.54, 1.807) is 18.2 Å². The van der Waals surface area contributed by atoms with Gasteiger partial charge in [0.05, 0.1) is 9.80 Å². The molecule has 1 aliphatic heterocycles. The largest absolute Gasteiger partial charge is 0.366 e. The first kappa shape index (κ1) is 18.1. The monoisotopic (exact) mass is 373 g/mol. The van der Waals surface area contributed by atoms with Crippen LogP contribution in [0.5, 0.6) is 0 Å². The van der Waals surface area contributed by atoms with Crippen molar-refractivity contribution < 1.29 is 14.5 Å². The van der Waals surface area contributed by atoms with E-state index in [2.05, 4.69) is 5.32 Å². The predicted octanol–water partition coefficient (Wildman–Crippen LogP) is 3.26. The molecule has 0 aliphatic carbocycles. The lowest BCUT2D eigenvalue weighted by atomic mass is 10.0. The van der Waals surface area contributed by atoms with Crippen LogP contribution in [0.4, 0.5) is 11.4 Å². The molecule has 1 aromatic carbocycles. The topological polar surface area (TPSA) is 92.6 Å². The highest BCUT2D eigenvalue weighted by molar-refractivity contribution is 7.12. The lowest BCUT2D eigenvalue weighted by Crippen LogP contribution is -2.44. The van der Waals surface area contributed by atoms with Gasteiger partial charge in [0.15, 0.2) is 5.78 Å². The second-order valence-electron chi connectivity index (χ2n) is 6.23. The molecule has 1 aromatic heterocycles.